The third-order valence-electron chi connectivity index (χ3n) is 4.91. The number of hydrogen-bond acceptors (Lipinski definition) is 1. The van der Waals surface area contributed by atoms with E-state index in [4.69, 9.17) is 11.6 Å². The zero-order valence-electron chi connectivity index (χ0n) is 13.2. The Morgan fingerprint density at radius 1 is 1.05 bits per heavy atom. The van der Waals surface area contributed by atoms with Gasteiger partial charge in [-0.25, -0.2) is 0 Å². The van der Waals surface area contributed by atoms with Gasteiger partial charge >= 0.3 is 0 Å². The van der Waals surface area contributed by atoms with Crippen LogP contribution in [-0.2, 0) is 6.54 Å². The topological polar surface area (TPSA) is 3.24 Å². The molecule has 0 spiro atoms. The third kappa shape index (κ3) is 3.71. The molecule has 1 nitrogen and oxygen atoms in total. The van der Waals surface area contributed by atoms with Crippen molar-refractivity contribution in [2.24, 2.45) is 5.92 Å². The van der Waals surface area contributed by atoms with Crippen LogP contribution in [-0.4, -0.2) is 18.0 Å². The summed E-state index contributed by atoms with van der Waals surface area (Å²) in [5.74, 6) is 1.41. The maximum absolute atomic E-state index is 6.05. The van der Waals surface area contributed by atoms with E-state index in [2.05, 4.69) is 54.3 Å². The number of piperidine rings is 1. The Morgan fingerprint density at radius 3 is 2.45 bits per heavy atom. The average molecular weight is 314 g/mol. The Kier molecular flexibility index (Phi) is 5.17. The first kappa shape index (κ1) is 15.6. The summed E-state index contributed by atoms with van der Waals surface area (Å²) >= 11 is 6.05. The quantitative estimate of drug-likeness (QED) is 0.735. The molecule has 116 valence electrons. The zero-order valence-corrected chi connectivity index (χ0v) is 14.0. The summed E-state index contributed by atoms with van der Waals surface area (Å²) in [6.07, 6.45) is 2.54. The minimum Gasteiger partial charge on any atom is -0.298 e. The summed E-state index contributed by atoms with van der Waals surface area (Å²) in [6, 6.07) is 19.3. The van der Waals surface area contributed by atoms with Crippen molar-refractivity contribution < 1.29 is 0 Å². The Balaban J connectivity index is 1.73. The van der Waals surface area contributed by atoms with Gasteiger partial charge < -0.3 is 0 Å². The summed E-state index contributed by atoms with van der Waals surface area (Å²) in [5.41, 5.74) is 2.85. The lowest BCUT2D eigenvalue weighted by atomic mass is 9.79. The van der Waals surface area contributed by atoms with Crippen LogP contribution < -0.4 is 0 Å². The van der Waals surface area contributed by atoms with Gasteiger partial charge in [-0.15, -0.1) is 0 Å². The van der Waals surface area contributed by atoms with Crippen LogP contribution in [0.4, 0.5) is 0 Å². The van der Waals surface area contributed by atoms with Crippen molar-refractivity contribution in [3.8, 4) is 0 Å². The van der Waals surface area contributed by atoms with Crippen molar-refractivity contribution in [2.75, 3.05) is 13.1 Å². The molecule has 0 N–H and O–H groups in total. The molecule has 1 aliphatic heterocycles. The van der Waals surface area contributed by atoms with Crippen LogP contribution in [0.15, 0.2) is 54.6 Å². The molecule has 1 saturated heterocycles. The first-order valence-electron chi connectivity index (χ1n) is 8.28. The molecule has 1 aliphatic rings. The molecule has 3 rings (SSSR count). The zero-order chi connectivity index (χ0) is 15.4. The number of rotatable bonds is 4. The van der Waals surface area contributed by atoms with E-state index in [0.717, 1.165) is 24.0 Å². The van der Waals surface area contributed by atoms with Crippen molar-refractivity contribution in [2.45, 2.75) is 32.2 Å². The molecular formula is C20H24ClN. The SMILES string of the molecule is CCC1CCN(Cc2ccccc2)C[C@@H]1c1ccc(Cl)cc1. The van der Waals surface area contributed by atoms with Crippen LogP contribution in [0, 0.1) is 5.92 Å². The molecule has 2 atom stereocenters. The van der Waals surface area contributed by atoms with E-state index in [1.54, 1.807) is 0 Å². The number of hydrogen-bond donors (Lipinski definition) is 0. The molecule has 0 bridgehead atoms. The fraction of sp³-hybridized carbons (Fsp3) is 0.400. The summed E-state index contributed by atoms with van der Waals surface area (Å²) < 4.78 is 0. The van der Waals surface area contributed by atoms with Gasteiger partial charge in [0.15, 0.2) is 0 Å². The Hall–Kier alpha value is -1.31. The lowest BCUT2D eigenvalue weighted by Gasteiger charge is -2.38. The van der Waals surface area contributed by atoms with Gasteiger partial charge in [0.25, 0.3) is 0 Å². The standard InChI is InChI=1S/C20H24ClN/c1-2-17-12-13-22(14-16-6-4-3-5-7-16)15-20(17)18-8-10-19(21)11-9-18/h3-11,17,20H,2,12-15H2,1H3/t17?,20-/m0/s1. The van der Waals surface area contributed by atoms with E-state index in [-0.39, 0.29) is 0 Å². The summed E-state index contributed by atoms with van der Waals surface area (Å²) in [5, 5.41) is 0.828. The predicted octanol–water partition coefficient (Wildman–Crippen LogP) is 5.36. The maximum Gasteiger partial charge on any atom is 0.0406 e. The predicted molar refractivity (Wildman–Crippen MR) is 94.3 cm³/mol. The van der Waals surface area contributed by atoms with Gasteiger partial charge in [-0.1, -0.05) is 67.4 Å². The van der Waals surface area contributed by atoms with E-state index in [1.165, 1.54) is 30.5 Å². The van der Waals surface area contributed by atoms with Crippen LogP contribution in [0.3, 0.4) is 0 Å². The smallest absolute Gasteiger partial charge is 0.0406 e. The minimum absolute atomic E-state index is 0.625. The second-order valence-corrected chi connectivity index (χ2v) is 6.77. The van der Waals surface area contributed by atoms with Crippen molar-refractivity contribution in [3.05, 3.63) is 70.7 Å². The van der Waals surface area contributed by atoms with Crippen LogP contribution in [0.2, 0.25) is 5.02 Å². The second kappa shape index (κ2) is 7.30. The largest absolute Gasteiger partial charge is 0.298 e. The number of halogens is 1. The van der Waals surface area contributed by atoms with E-state index in [1.807, 2.05) is 12.1 Å². The molecular weight excluding hydrogens is 290 g/mol. The number of likely N-dealkylation sites (tertiary alicyclic amines) is 1. The van der Waals surface area contributed by atoms with Gasteiger partial charge in [-0.05, 0) is 48.1 Å². The normalized spacial score (nSPS) is 22.6. The highest BCUT2D eigenvalue weighted by Gasteiger charge is 2.29. The molecule has 1 heterocycles. The Labute approximate surface area is 138 Å². The minimum atomic E-state index is 0.625. The van der Waals surface area contributed by atoms with Crippen LogP contribution in [0.5, 0.6) is 0 Å². The molecule has 22 heavy (non-hydrogen) atoms. The lowest BCUT2D eigenvalue weighted by Crippen LogP contribution is -2.38. The second-order valence-electron chi connectivity index (χ2n) is 6.34. The van der Waals surface area contributed by atoms with E-state index >= 15 is 0 Å². The van der Waals surface area contributed by atoms with Gasteiger partial charge in [-0.3, -0.25) is 4.90 Å². The van der Waals surface area contributed by atoms with E-state index in [9.17, 15) is 0 Å². The highest BCUT2D eigenvalue weighted by molar-refractivity contribution is 6.30. The maximum atomic E-state index is 6.05. The van der Waals surface area contributed by atoms with Gasteiger partial charge in [0.2, 0.25) is 0 Å². The van der Waals surface area contributed by atoms with E-state index < -0.39 is 0 Å². The molecule has 2 aromatic rings. The number of benzene rings is 2. The first-order chi connectivity index (χ1) is 10.8. The van der Waals surface area contributed by atoms with Crippen LogP contribution in [0.1, 0.15) is 36.8 Å². The molecule has 1 fully saturated rings. The molecule has 0 saturated carbocycles. The number of nitrogens with zero attached hydrogens (tertiary/aromatic N) is 1. The monoisotopic (exact) mass is 313 g/mol. The first-order valence-corrected chi connectivity index (χ1v) is 8.66. The summed E-state index contributed by atoms with van der Waals surface area (Å²) in [7, 11) is 0. The van der Waals surface area contributed by atoms with Gasteiger partial charge in [0, 0.05) is 18.1 Å². The molecule has 2 heteroatoms. The van der Waals surface area contributed by atoms with Gasteiger partial charge in [0.1, 0.15) is 0 Å². The highest BCUT2D eigenvalue weighted by Crippen LogP contribution is 2.35. The molecule has 0 amide bonds. The summed E-state index contributed by atoms with van der Waals surface area (Å²) in [6.45, 7) is 5.73. The third-order valence-corrected chi connectivity index (χ3v) is 5.16. The fourth-order valence-electron chi connectivity index (χ4n) is 3.63. The van der Waals surface area contributed by atoms with Gasteiger partial charge in [0.05, 0.1) is 0 Å². The molecule has 0 aromatic heterocycles. The van der Waals surface area contributed by atoms with Crippen molar-refractivity contribution in [1.82, 2.24) is 4.90 Å². The Morgan fingerprint density at radius 2 is 1.77 bits per heavy atom. The fourth-order valence-corrected chi connectivity index (χ4v) is 3.76. The molecule has 1 unspecified atom stereocenters. The van der Waals surface area contributed by atoms with Crippen molar-refractivity contribution in [1.29, 1.82) is 0 Å². The average Bonchev–Trinajstić information content (AvgIpc) is 2.56. The molecule has 2 aromatic carbocycles. The molecule has 0 aliphatic carbocycles. The summed E-state index contributed by atoms with van der Waals surface area (Å²) in [4.78, 5) is 2.60. The Bertz CT molecular complexity index is 578. The van der Waals surface area contributed by atoms with Gasteiger partial charge in [-0.2, -0.15) is 0 Å². The van der Waals surface area contributed by atoms with Crippen molar-refractivity contribution in [3.63, 3.8) is 0 Å². The van der Waals surface area contributed by atoms with E-state index in [0.29, 0.717) is 5.92 Å². The lowest BCUT2D eigenvalue weighted by molar-refractivity contribution is 0.149. The van der Waals surface area contributed by atoms with Crippen LogP contribution in [0.25, 0.3) is 0 Å². The van der Waals surface area contributed by atoms with Crippen molar-refractivity contribution >= 4 is 11.6 Å². The molecule has 0 radical (unpaired) electrons. The highest BCUT2D eigenvalue weighted by atomic mass is 35.5. The van der Waals surface area contributed by atoms with Crippen LogP contribution >= 0.6 is 11.6 Å².